The number of ether oxygens (including phenoxy) is 1. The molecule has 0 spiro atoms. The second kappa shape index (κ2) is 3.83. The number of rotatable bonds is 3. The van der Waals surface area contributed by atoms with Gasteiger partial charge in [-0.05, 0) is 0 Å². The Balaban J connectivity index is 2.63. The number of nitrogens with zero attached hydrogens (tertiary/aromatic N) is 1. The fraction of sp³-hybridized carbons (Fsp3) is 0.625. The monoisotopic (exact) mass is 172 g/mol. The van der Waals surface area contributed by atoms with Crippen molar-refractivity contribution in [2.45, 2.75) is 13.3 Å². The predicted molar refractivity (Wildman–Crippen MR) is 45.8 cm³/mol. The maximum atomic E-state index is 5.01. The first kappa shape index (κ1) is 8.68. The van der Waals surface area contributed by atoms with Crippen molar-refractivity contribution in [1.82, 2.24) is 0 Å². The van der Waals surface area contributed by atoms with Crippen molar-refractivity contribution in [2.24, 2.45) is 7.05 Å². The first-order valence-electron chi connectivity index (χ1n) is 3.67. The molecule has 0 saturated carbocycles. The zero-order valence-electron chi connectivity index (χ0n) is 7.26. The number of hydrogen-bond donors (Lipinski definition) is 0. The Labute approximate surface area is 71.4 Å². The Morgan fingerprint density at radius 1 is 1.64 bits per heavy atom. The second-order valence-corrected chi connectivity index (χ2v) is 3.52. The number of hydrogen-bond acceptors (Lipinski definition) is 2. The van der Waals surface area contributed by atoms with Crippen LogP contribution in [-0.4, -0.2) is 13.7 Å². The van der Waals surface area contributed by atoms with Gasteiger partial charge in [0, 0.05) is 20.5 Å². The van der Waals surface area contributed by atoms with Gasteiger partial charge in [0.05, 0.1) is 11.5 Å². The summed E-state index contributed by atoms with van der Waals surface area (Å²) in [5.41, 5.74) is 3.48. The van der Waals surface area contributed by atoms with Crippen molar-refractivity contribution in [3.05, 3.63) is 16.1 Å². The van der Waals surface area contributed by atoms with E-state index >= 15 is 0 Å². The van der Waals surface area contributed by atoms with Gasteiger partial charge in [-0.25, -0.2) is 0 Å². The zero-order valence-corrected chi connectivity index (χ0v) is 8.07. The van der Waals surface area contributed by atoms with Crippen LogP contribution in [-0.2, 0) is 18.2 Å². The van der Waals surface area contributed by atoms with Crippen LogP contribution < -0.4 is 4.57 Å². The van der Waals surface area contributed by atoms with E-state index < -0.39 is 0 Å². The molecule has 0 atom stereocenters. The molecule has 1 aromatic heterocycles. The minimum absolute atomic E-state index is 0.821. The summed E-state index contributed by atoms with van der Waals surface area (Å²) in [7, 11) is 3.81. The highest BCUT2D eigenvalue weighted by Gasteiger charge is 2.09. The van der Waals surface area contributed by atoms with Gasteiger partial charge in [0.2, 0.25) is 5.51 Å². The third-order valence-corrected chi connectivity index (χ3v) is 3.02. The maximum absolute atomic E-state index is 5.01. The normalized spacial score (nSPS) is 10.5. The van der Waals surface area contributed by atoms with Gasteiger partial charge >= 0.3 is 0 Å². The van der Waals surface area contributed by atoms with Gasteiger partial charge in [-0.2, -0.15) is 4.57 Å². The lowest BCUT2D eigenvalue weighted by molar-refractivity contribution is -0.672. The molecule has 0 aliphatic heterocycles. The van der Waals surface area contributed by atoms with Gasteiger partial charge in [-0.15, -0.1) is 0 Å². The van der Waals surface area contributed by atoms with Gasteiger partial charge in [-0.1, -0.05) is 11.3 Å². The van der Waals surface area contributed by atoms with Gasteiger partial charge in [0.1, 0.15) is 7.05 Å². The third kappa shape index (κ3) is 2.01. The van der Waals surface area contributed by atoms with E-state index in [1.54, 1.807) is 18.4 Å². The number of methoxy groups -OCH3 is 1. The minimum atomic E-state index is 0.821. The largest absolute Gasteiger partial charge is 0.384 e. The molecule has 2 nitrogen and oxygen atoms in total. The molecule has 0 bridgehead atoms. The molecule has 1 heterocycles. The quantitative estimate of drug-likeness (QED) is 0.622. The second-order valence-electron chi connectivity index (χ2n) is 2.59. The van der Waals surface area contributed by atoms with Crippen molar-refractivity contribution in [2.75, 3.05) is 13.7 Å². The molecule has 0 aliphatic carbocycles. The molecular weight excluding hydrogens is 158 g/mol. The van der Waals surface area contributed by atoms with E-state index in [-0.39, 0.29) is 0 Å². The summed E-state index contributed by atoms with van der Waals surface area (Å²) in [5, 5.41) is 0. The molecule has 0 amide bonds. The molecule has 0 aromatic carbocycles. The average Bonchev–Trinajstić information content (AvgIpc) is 2.31. The third-order valence-electron chi connectivity index (χ3n) is 1.82. The van der Waals surface area contributed by atoms with Crippen molar-refractivity contribution in [1.29, 1.82) is 0 Å². The molecule has 0 N–H and O–H groups in total. The molecule has 0 radical (unpaired) electrons. The van der Waals surface area contributed by atoms with Crippen molar-refractivity contribution in [3.63, 3.8) is 0 Å². The van der Waals surface area contributed by atoms with Crippen LogP contribution in [0.3, 0.4) is 0 Å². The zero-order chi connectivity index (χ0) is 8.27. The molecule has 0 saturated heterocycles. The summed E-state index contributed by atoms with van der Waals surface area (Å²) in [4.78, 5) is 1.43. The van der Waals surface area contributed by atoms with Gasteiger partial charge in [0.15, 0.2) is 5.69 Å². The number of aryl methyl sites for hydroxylation is 1. The van der Waals surface area contributed by atoms with Crippen LogP contribution in [0.1, 0.15) is 10.6 Å². The molecule has 0 aliphatic rings. The van der Waals surface area contributed by atoms with Gasteiger partial charge in [0.25, 0.3) is 0 Å². The smallest absolute Gasteiger partial charge is 0.224 e. The average molecular weight is 172 g/mol. The van der Waals surface area contributed by atoms with Crippen molar-refractivity contribution >= 4 is 11.3 Å². The highest BCUT2D eigenvalue weighted by Crippen LogP contribution is 2.10. The Bertz CT molecular complexity index is 232. The Kier molecular flexibility index (Phi) is 3.02. The number of aromatic nitrogens is 1. The van der Waals surface area contributed by atoms with Crippen LogP contribution >= 0.6 is 11.3 Å². The van der Waals surface area contributed by atoms with Crippen LogP contribution in [0.4, 0.5) is 0 Å². The molecule has 62 valence electrons. The van der Waals surface area contributed by atoms with Crippen LogP contribution in [0.2, 0.25) is 0 Å². The summed E-state index contributed by atoms with van der Waals surface area (Å²) in [6.45, 7) is 2.96. The summed E-state index contributed by atoms with van der Waals surface area (Å²) in [5.74, 6) is 0. The molecule has 11 heavy (non-hydrogen) atoms. The highest BCUT2D eigenvalue weighted by atomic mass is 32.1. The fourth-order valence-electron chi connectivity index (χ4n) is 0.938. The highest BCUT2D eigenvalue weighted by molar-refractivity contribution is 7.09. The molecular formula is C8H14NOS+. The van der Waals surface area contributed by atoms with Crippen LogP contribution in [0, 0.1) is 6.92 Å². The standard InChI is InChI=1S/C8H14NOS/c1-7-8(4-5-10-3)11-6-9(7)2/h6H,4-5H2,1-3H3/q+1. The van der Waals surface area contributed by atoms with Crippen molar-refractivity contribution < 1.29 is 9.30 Å². The van der Waals surface area contributed by atoms with Crippen LogP contribution in [0.25, 0.3) is 0 Å². The summed E-state index contributed by atoms with van der Waals surface area (Å²) in [6, 6.07) is 0. The summed E-state index contributed by atoms with van der Waals surface area (Å²) < 4.78 is 7.16. The minimum Gasteiger partial charge on any atom is -0.384 e. The molecule has 0 fully saturated rings. The first-order valence-corrected chi connectivity index (χ1v) is 4.55. The van der Waals surface area contributed by atoms with E-state index in [9.17, 15) is 0 Å². The molecule has 0 unspecified atom stereocenters. The molecule has 1 rings (SSSR count). The van der Waals surface area contributed by atoms with Gasteiger partial charge < -0.3 is 4.74 Å². The van der Waals surface area contributed by atoms with E-state index in [4.69, 9.17) is 4.74 Å². The fourth-order valence-corrected chi connectivity index (χ4v) is 1.90. The van der Waals surface area contributed by atoms with E-state index in [1.807, 2.05) is 0 Å². The lowest BCUT2D eigenvalue weighted by atomic mass is 10.3. The van der Waals surface area contributed by atoms with Crippen LogP contribution in [0.15, 0.2) is 5.51 Å². The topological polar surface area (TPSA) is 13.1 Å². The van der Waals surface area contributed by atoms with E-state index in [1.165, 1.54) is 10.6 Å². The van der Waals surface area contributed by atoms with E-state index in [2.05, 4.69) is 24.0 Å². The first-order chi connectivity index (χ1) is 5.25. The Morgan fingerprint density at radius 2 is 2.36 bits per heavy atom. The van der Waals surface area contributed by atoms with Crippen LogP contribution in [0.5, 0.6) is 0 Å². The lowest BCUT2D eigenvalue weighted by Crippen LogP contribution is -2.28. The SMILES string of the molecule is COCCc1sc[n+](C)c1C. The lowest BCUT2D eigenvalue weighted by Gasteiger charge is -1.93. The Morgan fingerprint density at radius 3 is 2.82 bits per heavy atom. The molecule has 3 heteroatoms. The van der Waals surface area contributed by atoms with E-state index in [0.717, 1.165) is 13.0 Å². The summed E-state index contributed by atoms with van der Waals surface area (Å²) in [6.07, 6.45) is 1.04. The number of thiazole rings is 1. The maximum Gasteiger partial charge on any atom is 0.224 e. The Hall–Kier alpha value is -0.410. The van der Waals surface area contributed by atoms with E-state index in [0.29, 0.717) is 0 Å². The molecule has 1 aromatic rings. The van der Waals surface area contributed by atoms with Crippen molar-refractivity contribution in [3.8, 4) is 0 Å². The summed E-state index contributed by atoms with van der Waals surface area (Å²) >= 11 is 1.80. The predicted octanol–water partition coefficient (Wildman–Crippen LogP) is 1.07. The van der Waals surface area contributed by atoms with Gasteiger partial charge in [-0.3, -0.25) is 0 Å².